The number of hydrogen-bond acceptors (Lipinski definition) is 2. The number of halogens is 1. The quantitative estimate of drug-likeness (QED) is 0.821. The van der Waals surface area contributed by atoms with Crippen molar-refractivity contribution in [3.63, 3.8) is 0 Å². The van der Waals surface area contributed by atoms with Gasteiger partial charge in [0.05, 0.1) is 11.7 Å². The fraction of sp³-hybridized carbons (Fsp3) is 0.533. The van der Waals surface area contributed by atoms with Crippen LogP contribution < -0.4 is 0 Å². The zero-order chi connectivity index (χ0) is 13.4. The second-order valence-corrected chi connectivity index (χ2v) is 5.56. The van der Waals surface area contributed by atoms with Crippen molar-refractivity contribution in [1.82, 2.24) is 9.78 Å². The van der Waals surface area contributed by atoms with Gasteiger partial charge in [-0.1, -0.05) is 18.5 Å². The Morgan fingerprint density at radius 1 is 1.47 bits per heavy atom. The van der Waals surface area contributed by atoms with E-state index in [9.17, 15) is 0 Å². The Balaban J connectivity index is 2.14. The Hall–Kier alpha value is -1.06. The zero-order valence-corrected chi connectivity index (χ0v) is 12.2. The van der Waals surface area contributed by atoms with Crippen molar-refractivity contribution in [1.29, 1.82) is 0 Å². The van der Waals surface area contributed by atoms with Crippen LogP contribution in [0.4, 0.5) is 0 Å². The van der Waals surface area contributed by atoms with Gasteiger partial charge in [-0.2, -0.15) is 5.10 Å². The predicted octanol–water partition coefficient (Wildman–Crippen LogP) is 4.26. The lowest BCUT2D eigenvalue weighted by Gasteiger charge is -2.23. The van der Waals surface area contributed by atoms with E-state index in [0.29, 0.717) is 0 Å². The summed E-state index contributed by atoms with van der Waals surface area (Å²) in [5, 5.41) is 6.58. The first-order valence-corrected chi connectivity index (χ1v) is 7.37. The van der Waals surface area contributed by atoms with Gasteiger partial charge >= 0.3 is 0 Å². The van der Waals surface area contributed by atoms with E-state index in [2.05, 4.69) is 25.0 Å². The summed E-state index contributed by atoms with van der Waals surface area (Å²) in [5.74, 6) is 0. The molecule has 1 atom stereocenters. The molecule has 3 rings (SSSR count). The monoisotopic (exact) mass is 278 g/mol. The van der Waals surface area contributed by atoms with Gasteiger partial charge < -0.3 is 4.74 Å². The van der Waals surface area contributed by atoms with Gasteiger partial charge in [-0.15, -0.1) is 0 Å². The number of ether oxygens (including phenoxy) is 1. The molecular weight excluding hydrogens is 260 g/mol. The SMILES string of the molecule is CCc1c(Cl)c(C)cc2c1cnn2C1CCCCO1. The maximum Gasteiger partial charge on any atom is 0.150 e. The molecule has 1 aromatic heterocycles. The lowest BCUT2D eigenvalue weighted by molar-refractivity contribution is -0.0366. The molecule has 102 valence electrons. The van der Waals surface area contributed by atoms with E-state index in [0.717, 1.165) is 47.4 Å². The normalized spacial score (nSPS) is 20.1. The minimum Gasteiger partial charge on any atom is -0.356 e. The Kier molecular flexibility index (Phi) is 3.50. The number of hydrogen-bond donors (Lipinski definition) is 0. The van der Waals surface area contributed by atoms with Crippen molar-refractivity contribution in [2.24, 2.45) is 0 Å². The third-order valence-corrected chi connectivity index (χ3v) is 4.43. The molecular formula is C15H19ClN2O. The number of benzene rings is 1. The molecule has 0 amide bonds. The maximum atomic E-state index is 6.40. The van der Waals surface area contributed by atoms with Crippen molar-refractivity contribution < 1.29 is 4.74 Å². The molecule has 1 unspecified atom stereocenters. The molecule has 1 fully saturated rings. The maximum absolute atomic E-state index is 6.40. The highest BCUT2D eigenvalue weighted by molar-refractivity contribution is 6.33. The van der Waals surface area contributed by atoms with Gasteiger partial charge in [0.15, 0.2) is 6.23 Å². The van der Waals surface area contributed by atoms with Gasteiger partial charge in [-0.25, -0.2) is 4.68 Å². The third-order valence-electron chi connectivity index (χ3n) is 3.91. The summed E-state index contributed by atoms with van der Waals surface area (Å²) in [6, 6.07) is 2.13. The minimum absolute atomic E-state index is 0.0801. The summed E-state index contributed by atoms with van der Waals surface area (Å²) < 4.78 is 7.87. The lowest BCUT2D eigenvalue weighted by Crippen LogP contribution is -2.19. The Labute approximate surface area is 118 Å². The largest absolute Gasteiger partial charge is 0.356 e. The van der Waals surface area contributed by atoms with E-state index in [1.807, 2.05) is 10.9 Å². The molecule has 0 aliphatic carbocycles. The van der Waals surface area contributed by atoms with Gasteiger partial charge in [0.2, 0.25) is 0 Å². The molecule has 0 radical (unpaired) electrons. The molecule has 4 heteroatoms. The molecule has 0 saturated carbocycles. The Morgan fingerprint density at radius 3 is 3.00 bits per heavy atom. The molecule has 1 aromatic carbocycles. The van der Waals surface area contributed by atoms with E-state index < -0.39 is 0 Å². The molecule has 1 saturated heterocycles. The van der Waals surface area contributed by atoms with Crippen LogP contribution >= 0.6 is 11.6 Å². The van der Waals surface area contributed by atoms with Crippen LogP contribution in [0.25, 0.3) is 10.9 Å². The summed E-state index contributed by atoms with van der Waals surface area (Å²) in [6.45, 7) is 5.02. The van der Waals surface area contributed by atoms with Crippen LogP contribution in [-0.4, -0.2) is 16.4 Å². The number of rotatable bonds is 2. The highest BCUT2D eigenvalue weighted by atomic mass is 35.5. The molecule has 1 aliphatic rings. The summed E-state index contributed by atoms with van der Waals surface area (Å²) in [4.78, 5) is 0. The van der Waals surface area contributed by atoms with Crippen molar-refractivity contribution in [2.45, 2.75) is 45.8 Å². The molecule has 3 nitrogen and oxygen atoms in total. The highest BCUT2D eigenvalue weighted by Gasteiger charge is 2.20. The van der Waals surface area contributed by atoms with E-state index in [4.69, 9.17) is 16.3 Å². The summed E-state index contributed by atoms with van der Waals surface area (Å²) >= 11 is 6.40. The first-order chi connectivity index (χ1) is 9.22. The van der Waals surface area contributed by atoms with Gasteiger partial charge in [0, 0.05) is 17.0 Å². The Morgan fingerprint density at radius 2 is 2.32 bits per heavy atom. The molecule has 0 N–H and O–H groups in total. The topological polar surface area (TPSA) is 27.1 Å². The summed E-state index contributed by atoms with van der Waals surface area (Å²) in [7, 11) is 0. The standard InChI is InChI=1S/C15H19ClN2O/c1-3-11-12-9-17-18(14-6-4-5-7-19-14)13(12)8-10(2)15(11)16/h8-9,14H,3-7H2,1-2H3. The van der Waals surface area contributed by atoms with Crippen molar-refractivity contribution in [3.05, 3.63) is 28.4 Å². The fourth-order valence-electron chi connectivity index (χ4n) is 2.86. The molecule has 1 aliphatic heterocycles. The third kappa shape index (κ3) is 2.15. The van der Waals surface area contributed by atoms with Crippen molar-refractivity contribution >= 4 is 22.5 Å². The molecule has 19 heavy (non-hydrogen) atoms. The van der Waals surface area contributed by atoms with Crippen LogP contribution in [-0.2, 0) is 11.2 Å². The van der Waals surface area contributed by atoms with Gasteiger partial charge in [-0.05, 0) is 49.8 Å². The van der Waals surface area contributed by atoms with Gasteiger partial charge in [0.1, 0.15) is 0 Å². The number of aromatic nitrogens is 2. The van der Waals surface area contributed by atoms with E-state index in [-0.39, 0.29) is 6.23 Å². The average Bonchev–Trinajstić information content (AvgIpc) is 2.84. The first kappa shape index (κ1) is 12.9. The summed E-state index contributed by atoms with van der Waals surface area (Å²) in [6.07, 6.45) is 6.34. The second-order valence-electron chi connectivity index (χ2n) is 5.18. The van der Waals surface area contributed by atoms with Gasteiger partial charge in [0.25, 0.3) is 0 Å². The van der Waals surface area contributed by atoms with E-state index >= 15 is 0 Å². The molecule has 2 aromatic rings. The van der Waals surface area contributed by atoms with Crippen molar-refractivity contribution in [3.8, 4) is 0 Å². The molecule has 0 spiro atoms. The highest BCUT2D eigenvalue weighted by Crippen LogP contribution is 2.33. The van der Waals surface area contributed by atoms with Crippen LogP contribution in [0.2, 0.25) is 5.02 Å². The summed E-state index contributed by atoms with van der Waals surface area (Å²) in [5.41, 5.74) is 3.45. The van der Waals surface area contributed by atoms with Crippen LogP contribution in [0.3, 0.4) is 0 Å². The first-order valence-electron chi connectivity index (χ1n) is 6.99. The smallest absolute Gasteiger partial charge is 0.150 e. The van der Waals surface area contributed by atoms with Gasteiger partial charge in [-0.3, -0.25) is 0 Å². The fourth-order valence-corrected chi connectivity index (χ4v) is 3.15. The molecule has 2 heterocycles. The second kappa shape index (κ2) is 5.14. The average molecular weight is 279 g/mol. The number of aryl methyl sites for hydroxylation is 2. The number of nitrogens with zero attached hydrogens (tertiary/aromatic N) is 2. The van der Waals surface area contributed by atoms with Crippen LogP contribution in [0, 0.1) is 6.92 Å². The van der Waals surface area contributed by atoms with E-state index in [1.165, 1.54) is 12.0 Å². The predicted molar refractivity (Wildman–Crippen MR) is 77.7 cm³/mol. The minimum atomic E-state index is 0.0801. The van der Waals surface area contributed by atoms with Crippen LogP contribution in [0.15, 0.2) is 12.3 Å². The Bertz CT molecular complexity index is 600. The molecule has 0 bridgehead atoms. The van der Waals surface area contributed by atoms with E-state index in [1.54, 1.807) is 0 Å². The number of fused-ring (bicyclic) bond motifs is 1. The lowest BCUT2D eigenvalue weighted by atomic mass is 10.0. The van der Waals surface area contributed by atoms with Crippen LogP contribution in [0.5, 0.6) is 0 Å². The zero-order valence-electron chi connectivity index (χ0n) is 11.4. The van der Waals surface area contributed by atoms with Crippen LogP contribution in [0.1, 0.15) is 43.5 Å². The van der Waals surface area contributed by atoms with Crippen molar-refractivity contribution in [2.75, 3.05) is 6.61 Å².